The zero-order valence-corrected chi connectivity index (χ0v) is 12.5. The summed E-state index contributed by atoms with van der Waals surface area (Å²) in [6.07, 6.45) is 1.38. The van der Waals surface area contributed by atoms with Crippen LogP contribution < -0.4 is 14.9 Å². The summed E-state index contributed by atoms with van der Waals surface area (Å²) in [7, 11) is 0. The maximum atomic E-state index is 11.2. The van der Waals surface area contributed by atoms with Crippen LogP contribution in [0.3, 0.4) is 0 Å². The molecule has 0 aliphatic carbocycles. The molecule has 0 radical (unpaired) electrons. The van der Waals surface area contributed by atoms with Gasteiger partial charge in [0.15, 0.2) is 5.75 Å². The third-order valence-electron chi connectivity index (χ3n) is 2.57. The number of nitrogens with zero attached hydrogens (tertiary/aromatic N) is 5. The van der Waals surface area contributed by atoms with E-state index in [0.29, 0.717) is 12.2 Å². The van der Waals surface area contributed by atoms with Crippen LogP contribution in [0, 0.1) is 10.1 Å². The molecule has 0 fully saturated rings. The first-order valence-corrected chi connectivity index (χ1v) is 6.76. The second-order valence-corrected chi connectivity index (χ2v) is 4.10. The van der Waals surface area contributed by atoms with E-state index in [2.05, 4.69) is 31.2 Å². The lowest BCUT2D eigenvalue weighted by molar-refractivity contribution is -0.385. The number of rotatable bonds is 8. The van der Waals surface area contributed by atoms with Crippen LogP contribution in [0.25, 0.3) is 0 Å². The first-order valence-electron chi connectivity index (χ1n) is 6.76. The molecule has 0 saturated heterocycles. The number of nitro benzene ring substituents is 1. The maximum absolute atomic E-state index is 11.2. The summed E-state index contributed by atoms with van der Waals surface area (Å²) in [5.41, 5.74) is 2.79. The monoisotopic (exact) mass is 321 g/mol. The topological polar surface area (TPSA) is 140 Å². The van der Waals surface area contributed by atoms with Crippen molar-refractivity contribution in [2.75, 3.05) is 18.6 Å². The molecule has 11 nitrogen and oxygen atoms in total. The number of hydrogen-bond acceptors (Lipinski definition) is 9. The van der Waals surface area contributed by atoms with Crippen molar-refractivity contribution < 1.29 is 14.4 Å². The van der Waals surface area contributed by atoms with Gasteiger partial charge < -0.3 is 9.47 Å². The summed E-state index contributed by atoms with van der Waals surface area (Å²) in [4.78, 5) is 10.7. The van der Waals surface area contributed by atoms with E-state index in [4.69, 9.17) is 9.47 Å². The van der Waals surface area contributed by atoms with Crippen LogP contribution in [0.2, 0.25) is 0 Å². The fraction of sp³-hybridized carbons (Fsp3) is 0.333. The Morgan fingerprint density at radius 3 is 2.78 bits per heavy atom. The molecule has 0 bridgehead atoms. The Hall–Kier alpha value is -3.24. The molecule has 2 aromatic rings. The fourth-order valence-corrected chi connectivity index (χ4v) is 1.74. The Balaban J connectivity index is 2.31. The predicted octanol–water partition coefficient (Wildman–Crippen LogP) is 1.35. The fourth-order valence-electron chi connectivity index (χ4n) is 1.74. The van der Waals surface area contributed by atoms with E-state index in [0.717, 1.165) is 0 Å². The second kappa shape index (κ2) is 7.68. The van der Waals surface area contributed by atoms with Crippen LogP contribution >= 0.6 is 0 Å². The van der Waals surface area contributed by atoms with Crippen LogP contribution in [0.15, 0.2) is 17.2 Å². The summed E-state index contributed by atoms with van der Waals surface area (Å²) >= 11 is 0. The van der Waals surface area contributed by atoms with Crippen molar-refractivity contribution in [3.63, 3.8) is 0 Å². The molecule has 0 atom stereocenters. The van der Waals surface area contributed by atoms with E-state index >= 15 is 0 Å². The average molecular weight is 321 g/mol. The van der Waals surface area contributed by atoms with Crippen LogP contribution in [0.4, 0.5) is 11.6 Å². The number of H-pyrrole nitrogens is 1. The van der Waals surface area contributed by atoms with Gasteiger partial charge in [0, 0.05) is 11.6 Å². The second-order valence-electron chi connectivity index (χ2n) is 4.10. The highest BCUT2D eigenvalue weighted by Gasteiger charge is 2.22. The van der Waals surface area contributed by atoms with Gasteiger partial charge in [0.2, 0.25) is 5.75 Å². The number of benzene rings is 1. The number of anilines is 1. The molecule has 122 valence electrons. The summed E-state index contributed by atoms with van der Waals surface area (Å²) in [5.74, 6) is 0.555. The van der Waals surface area contributed by atoms with Crippen LogP contribution in [-0.2, 0) is 0 Å². The van der Waals surface area contributed by atoms with Crippen molar-refractivity contribution in [1.29, 1.82) is 0 Å². The van der Waals surface area contributed by atoms with Gasteiger partial charge in [-0.25, -0.2) is 5.43 Å². The minimum atomic E-state index is -0.530. The zero-order valence-electron chi connectivity index (χ0n) is 12.5. The number of aromatic amines is 1. The van der Waals surface area contributed by atoms with Gasteiger partial charge in [0.25, 0.3) is 5.95 Å². The first kappa shape index (κ1) is 16.1. The highest BCUT2D eigenvalue weighted by molar-refractivity contribution is 5.83. The number of tetrazole rings is 1. The minimum absolute atomic E-state index is 0.0997. The van der Waals surface area contributed by atoms with Crippen molar-refractivity contribution in [3.8, 4) is 11.5 Å². The number of hydrazone groups is 1. The van der Waals surface area contributed by atoms with Gasteiger partial charge >= 0.3 is 5.69 Å². The number of ether oxygens (including phenoxy) is 2. The Kier molecular flexibility index (Phi) is 5.39. The summed E-state index contributed by atoms with van der Waals surface area (Å²) in [6, 6.07) is 2.94. The standard InChI is InChI=1S/C12H15N7O4/c1-3-22-10-6-8(7-13-14-12-15-17-18-16-12)5-9(19(20)21)11(10)23-4-2/h5-7H,3-4H2,1-2H3,(H2,14,15,16,17,18). The predicted molar refractivity (Wildman–Crippen MR) is 80.8 cm³/mol. The summed E-state index contributed by atoms with van der Waals surface area (Å²) < 4.78 is 10.8. The maximum Gasteiger partial charge on any atom is 0.315 e. The van der Waals surface area contributed by atoms with Gasteiger partial charge in [-0.1, -0.05) is 5.10 Å². The van der Waals surface area contributed by atoms with Gasteiger partial charge in [0.05, 0.1) is 24.4 Å². The summed E-state index contributed by atoms with van der Waals surface area (Å²) in [6.45, 7) is 4.15. The van der Waals surface area contributed by atoms with Crippen LogP contribution in [-0.4, -0.2) is 45.0 Å². The molecule has 2 rings (SSSR count). The number of hydrogen-bond donors (Lipinski definition) is 2. The Morgan fingerprint density at radius 1 is 1.39 bits per heavy atom. The lowest BCUT2D eigenvalue weighted by Gasteiger charge is -2.11. The highest BCUT2D eigenvalue weighted by atomic mass is 16.6. The molecular weight excluding hydrogens is 306 g/mol. The minimum Gasteiger partial charge on any atom is -0.490 e. The summed E-state index contributed by atoms with van der Waals surface area (Å²) in [5, 5.41) is 28.0. The van der Waals surface area contributed by atoms with Gasteiger partial charge in [-0.2, -0.15) is 10.3 Å². The first-order chi connectivity index (χ1) is 11.2. The van der Waals surface area contributed by atoms with Gasteiger partial charge in [0.1, 0.15) is 0 Å². The largest absolute Gasteiger partial charge is 0.490 e. The van der Waals surface area contributed by atoms with Crippen molar-refractivity contribution in [2.24, 2.45) is 5.10 Å². The molecule has 1 heterocycles. The van der Waals surface area contributed by atoms with Crippen LogP contribution in [0.5, 0.6) is 11.5 Å². The van der Waals surface area contributed by atoms with E-state index < -0.39 is 4.92 Å². The van der Waals surface area contributed by atoms with Gasteiger partial charge in [-0.3, -0.25) is 10.1 Å². The molecular formula is C12H15N7O4. The SMILES string of the molecule is CCOc1cc(C=NNc2nn[nH]n2)cc([N+](=O)[O-])c1OCC. The van der Waals surface area contributed by atoms with E-state index in [1.54, 1.807) is 19.9 Å². The zero-order chi connectivity index (χ0) is 16.7. The van der Waals surface area contributed by atoms with E-state index in [-0.39, 0.29) is 29.7 Å². The normalized spacial score (nSPS) is 10.7. The molecule has 2 N–H and O–H groups in total. The number of nitrogens with one attached hydrogen (secondary N) is 2. The molecule has 0 aliphatic heterocycles. The molecule has 0 amide bonds. The Bertz CT molecular complexity index is 687. The van der Waals surface area contributed by atoms with Crippen molar-refractivity contribution >= 4 is 17.9 Å². The Morgan fingerprint density at radius 2 is 2.17 bits per heavy atom. The molecule has 0 aliphatic rings. The van der Waals surface area contributed by atoms with Crippen molar-refractivity contribution in [1.82, 2.24) is 20.6 Å². The van der Waals surface area contributed by atoms with E-state index in [1.807, 2.05) is 0 Å². The molecule has 0 saturated carbocycles. The van der Waals surface area contributed by atoms with E-state index in [9.17, 15) is 10.1 Å². The lowest BCUT2D eigenvalue weighted by Crippen LogP contribution is -2.03. The molecule has 1 aromatic carbocycles. The third-order valence-corrected chi connectivity index (χ3v) is 2.57. The number of nitro groups is 1. The van der Waals surface area contributed by atoms with Gasteiger partial charge in [-0.05, 0) is 25.1 Å². The van der Waals surface area contributed by atoms with Crippen molar-refractivity contribution in [3.05, 3.63) is 27.8 Å². The highest BCUT2D eigenvalue weighted by Crippen LogP contribution is 2.38. The average Bonchev–Trinajstić information content (AvgIpc) is 3.03. The quantitative estimate of drug-likeness (QED) is 0.421. The van der Waals surface area contributed by atoms with Crippen molar-refractivity contribution in [2.45, 2.75) is 13.8 Å². The third kappa shape index (κ3) is 4.12. The van der Waals surface area contributed by atoms with Crippen LogP contribution in [0.1, 0.15) is 19.4 Å². The Labute approximate surface area is 130 Å². The molecule has 0 spiro atoms. The smallest absolute Gasteiger partial charge is 0.315 e. The molecule has 1 aromatic heterocycles. The van der Waals surface area contributed by atoms with E-state index in [1.165, 1.54) is 12.3 Å². The lowest BCUT2D eigenvalue weighted by atomic mass is 10.2. The number of aromatic nitrogens is 4. The molecule has 11 heteroatoms. The molecule has 23 heavy (non-hydrogen) atoms. The van der Waals surface area contributed by atoms with Gasteiger partial charge in [-0.15, -0.1) is 5.10 Å². The molecule has 0 unspecified atom stereocenters.